The van der Waals surface area contributed by atoms with Gasteiger partial charge in [0.25, 0.3) is 5.91 Å². The Morgan fingerprint density at radius 3 is 2.34 bits per heavy atom. The summed E-state index contributed by atoms with van der Waals surface area (Å²) in [7, 11) is 3.48. The molecule has 1 aromatic heterocycles. The van der Waals surface area contributed by atoms with Crippen LogP contribution >= 0.6 is 0 Å². The molecule has 7 heteroatoms. The van der Waals surface area contributed by atoms with Crippen molar-refractivity contribution in [3.8, 4) is 0 Å². The summed E-state index contributed by atoms with van der Waals surface area (Å²) in [5.74, 6) is 2.18. The van der Waals surface area contributed by atoms with Gasteiger partial charge in [-0.3, -0.25) is 9.59 Å². The van der Waals surface area contributed by atoms with E-state index >= 15 is 0 Å². The van der Waals surface area contributed by atoms with E-state index in [1.54, 1.807) is 19.0 Å². The van der Waals surface area contributed by atoms with Gasteiger partial charge in [0.1, 0.15) is 12.4 Å². The zero-order valence-corrected chi connectivity index (χ0v) is 24.0. The van der Waals surface area contributed by atoms with Crippen LogP contribution in [0.5, 0.6) is 0 Å². The lowest BCUT2D eigenvalue weighted by atomic mass is 9.74. The molecular formula is C31H46N4O3. The third-order valence-corrected chi connectivity index (χ3v) is 8.07. The van der Waals surface area contributed by atoms with E-state index in [0.29, 0.717) is 16.9 Å². The number of fused-ring (bicyclic) bond motifs is 1. The summed E-state index contributed by atoms with van der Waals surface area (Å²) in [6, 6.07) is 9.86. The second kappa shape index (κ2) is 12.5. The first-order valence-corrected chi connectivity index (χ1v) is 14.3. The second-order valence-electron chi connectivity index (χ2n) is 12.7. The Balaban J connectivity index is 1.36. The van der Waals surface area contributed by atoms with E-state index in [9.17, 15) is 9.59 Å². The van der Waals surface area contributed by atoms with Gasteiger partial charge in [-0.05, 0) is 61.5 Å². The summed E-state index contributed by atoms with van der Waals surface area (Å²) in [4.78, 5) is 34.0. The number of ether oxygens (including phenoxy) is 1. The average Bonchev–Trinajstić information content (AvgIpc) is 2.90. The fourth-order valence-corrected chi connectivity index (χ4v) is 5.92. The van der Waals surface area contributed by atoms with Crippen LogP contribution < -0.4 is 10.2 Å². The number of nitrogens with zero attached hydrogens (tertiary/aromatic N) is 3. The summed E-state index contributed by atoms with van der Waals surface area (Å²) < 4.78 is 5.84. The van der Waals surface area contributed by atoms with Crippen LogP contribution in [0.1, 0.15) is 76.1 Å². The lowest BCUT2D eigenvalue weighted by Gasteiger charge is -2.33. The van der Waals surface area contributed by atoms with Gasteiger partial charge in [0.15, 0.2) is 0 Å². The van der Waals surface area contributed by atoms with Crippen LogP contribution in [0.15, 0.2) is 30.3 Å². The summed E-state index contributed by atoms with van der Waals surface area (Å²) in [5.41, 5.74) is 1.92. The van der Waals surface area contributed by atoms with Gasteiger partial charge in [-0.15, -0.1) is 0 Å². The number of benzene rings is 1. The third-order valence-electron chi connectivity index (χ3n) is 8.07. The van der Waals surface area contributed by atoms with Crippen molar-refractivity contribution in [3.05, 3.63) is 35.9 Å². The van der Waals surface area contributed by atoms with Gasteiger partial charge in [-0.25, -0.2) is 4.98 Å². The topological polar surface area (TPSA) is 74.8 Å². The first-order chi connectivity index (χ1) is 18.1. The van der Waals surface area contributed by atoms with Crippen molar-refractivity contribution in [1.29, 1.82) is 0 Å². The van der Waals surface area contributed by atoms with Crippen LogP contribution in [0, 0.1) is 17.3 Å². The van der Waals surface area contributed by atoms with Crippen LogP contribution in [0.25, 0.3) is 10.9 Å². The molecule has 1 saturated heterocycles. The van der Waals surface area contributed by atoms with Gasteiger partial charge < -0.3 is 19.9 Å². The molecule has 0 radical (unpaired) electrons. The fourth-order valence-electron chi connectivity index (χ4n) is 5.92. The SMILES string of the molecule is CN(C)C(=O)COC1CCN(c2cc(C(=O)NCC3CCC(CC(C)(C)C)CC3)c3ccccc3n2)CC1. The predicted octanol–water partition coefficient (Wildman–Crippen LogP) is 5.28. The number of piperidine rings is 1. The first kappa shape index (κ1) is 28.3. The number of hydrogen-bond acceptors (Lipinski definition) is 5. The number of nitrogens with one attached hydrogen (secondary N) is 1. The minimum Gasteiger partial charge on any atom is -0.368 e. The van der Waals surface area contributed by atoms with Gasteiger partial charge in [-0.2, -0.15) is 0 Å². The Bertz CT molecular complexity index is 1090. The van der Waals surface area contributed by atoms with E-state index in [1.807, 2.05) is 30.3 Å². The molecule has 2 aromatic rings. The first-order valence-electron chi connectivity index (χ1n) is 14.3. The lowest BCUT2D eigenvalue weighted by molar-refractivity contribution is -0.136. The Kier molecular flexibility index (Phi) is 9.29. The predicted molar refractivity (Wildman–Crippen MR) is 153 cm³/mol. The standard InChI is InChI=1S/C31H46N4O3/c1-31(2,3)19-22-10-12-23(13-11-22)20-32-30(37)26-18-28(33-27-9-7-6-8-25(26)27)35-16-14-24(15-17-35)38-21-29(36)34(4)5/h6-9,18,22-24H,10-17,19-21H2,1-5H3,(H,32,37). The highest BCUT2D eigenvalue weighted by Gasteiger charge is 2.26. The smallest absolute Gasteiger partial charge is 0.252 e. The Hall–Kier alpha value is -2.67. The van der Waals surface area contributed by atoms with Crippen molar-refractivity contribution >= 4 is 28.5 Å². The maximum absolute atomic E-state index is 13.4. The highest BCUT2D eigenvalue weighted by Crippen LogP contribution is 2.36. The highest BCUT2D eigenvalue weighted by molar-refractivity contribution is 6.07. The summed E-state index contributed by atoms with van der Waals surface area (Å²) in [6.45, 7) is 9.41. The minimum atomic E-state index is -0.0165. The number of anilines is 1. The number of likely N-dealkylation sites (N-methyl/N-ethyl adjacent to an activating group) is 1. The molecule has 38 heavy (non-hydrogen) atoms. The number of aromatic nitrogens is 1. The van der Waals surface area contributed by atoms with Crippen LogP contribution in [0.4, 0.5) is 5.82 Å². The molecule has 1 aliphatic heterocycles. The molecule has 7 nitrogen and oxygen atoms in total. The summed E-state index contributed by atoms with van der Waals surface area (Å²) >= 11 is 0. The van der Waals surface area contributed by atoms with Crippen LogP contribution in [-0.2, 0) is 9.53 Å². The van der Waals surface area contributed by atoms with Gasteiger partial charge in [0.2, 0.25) is 5.91 Å². The number of rotatable bonds is 8. The van der Waals surface area contributed by atoms with Crippen LogP contribution in [0.2, 0.25) is 0 Å². The monoisotopic (exact) mass is 522 g/mol. The van der Waals surface area contributed by atoms with Crippen LogP contribution in [-0.4, -0.2) is 68.1 Å². The molecule has 4 rings (SSSR count). The average molecular weight is 523 g/mol. The number of carbonyl (C=O) groups excluding carboxylic acids is 2. The molecule has 1 saturated carbocycles. The van der Waals surface area contributed by atoms with E-state index in [2.05, 4.69) is 31.0 Å². The molecule has 0 unspecified atom stereocenters. The molecule has 2 heterocycles. The van der Waals surface area contributed by atoms with Crippen molar-refractivity contribution in [1.82, 2.24) is 15.2 Å². The van der Waals surface area contributed by atoms with Crippen molar-refractivity contribution in [2.75, 3.05) is 45.2 Å². The molecule has 208 valence electrons. The molecular weight excluding hydrogens is 476 g/mol. The van der Waals surface area contributed by atoms with Crippen molar-refractivity contribution in [2.24, 2.45) is 17.3 Å². The van der Waals surface area contributed by atoms with E-state index in [0.717, 1.165) is 55.1 Å². The molecule has 1 aromatic carbocycles. The number of para-hydroxylation sites is 1. The van der Waals surface area contributed by atoms with E-state index in [-0.39, 0.29) is 24.5 Å². The van der Waals surface area contributed by atoms with E-state index in [1.165, 1.54) is 32.1 Å². The van der Waals surface area contributed by atoms with E-state index in [4.69, 9.17) is 9.72 Å². The lowest BCUT2D eigenvalue weighted by Crippen LogP contribution is -2.39. The third kappa shape index (κ3) is 7.68. The normalized spacial score (nSPS) is 20.9. The van der Waals surface area contributed by atoms with E-state index < -0.39 is 0 Å². The molecule has 2 amide bonds. The number of carbonyl (C=O) groups is 2. The molecule has 0 spiro atoms. The number of amides is 2. The largest absolute Gasteiger partial charge is 0.368 e. The van der Waals surface area contributed by atoms with Gasteiger partial charge in [-0.1, -0.05) is 51.8 Å². The molecule has 2 fully saturated rings. The number of hydrogen-bond donors (Lipinski definition) is 1. The zero-order valence-electron chi connectivity index (χ0n) is 24.0. The zero-order chi connectivity index (χ0) is 27.3. The van der Waals surface area contributed by atoms with Gasteiger partial charge in [0.05, 0.1) is 17.2 Å². The summed E-state index contributed by atoms with van der Waals surface area (Å²) in [5, 5.41) is 4.15. The maximum atomic E-state index is 13.4. The Labute approximate surface area is 228 Å². The van der Waals surface area contributed by atoms with Crippen molar-refractivity contribution in [2.45, 2.75) is 71.8 Å². The molecule has 1 N–H and O–H groups in total. The summed E-state index contributed by atoms with van der Waals surface area (Å²) in [6.07, 6.45) is 7.93. The highest BCUT2D eigenvalue weighted by atomic mass is 16.5. The fraction of sp³-hybridized carbons (Fsp3) is 0.645. The molecule has 0 bridgehead atoms. The number of pyridine rings is 1. The Morgan fingerprint density at radius 2 is 1.68 bits per heavy atom. The second-order valence-corrected chi connectivity index (χ2v) is 12.7. The van der Waals surface area contributed by atoms with Gasteiger partial charge in [0, 0.05) is 39.1 Å². The van der Waals surface area contributed by atoms with Gasteiger partial charge >= 0.3 is 0 Å². The molecule has 0 atom stereocenters. The Morgan fingerprint density at radius 1 is 1.03 bits per heavy atom. The quantitative estimate of drug-likeness (QED) is 0.511. The van der Waals surface area contributed by atoms with Crippen LogP contribution in [0.3, 0.4) is 0 Å². The minimum absolute atomic E-state index is 0.0120. The van der Waals surface area contributed by atoms with Crippen molar-refractivity contribution in [3.63, 3.8) is 0 Å². The maximum Gasteiger partial charge on any atom is 0.252 e. The molecule has 2 aliphatic rings. The molecule has 1 aliphatic carbocycles. The van der Waals surface area contributed by atoms with Crippen molar-refractivity contribution < 1.29 is 14.3 Å².